The number of para-hydroxylation sites is 1. The van der Waals surface area contributed by atoms with E-state index in [9.17, 15) is 4.79 Å². The molecule has 0 bridgehead atoms. The van der Waals surface area contributed by atoms with Crippen LogP contribution in [-0.4, -0.2) is 23.0 Å². The molecule has 6 heteroatoms. The first kappa shape index (κ1) is 18.1. The molecule has 0 saturated heterocycles. The standard InChI is InChI=1S/C22H19N3O2S/c1-15-7-5-11-19-20(15)24-22(28-19)25(14-17-9-3-4-12-23-17)21(26)16-8-6-10-18(13-16)27-2/h3-13H,14H2,1-2H3. The number of aromatic nitrogens is 2. The Labute approximate surface area is 167 Å². The number of anilines is 1. The number of ether oxygens (including phenoxy) is 1. The predicted molar refractivity (Wildman–Crippen MR) is 112 cm³/mol. The summed E-state index contributed by atoms with van der Waals surface area (Å²) in [6.45, 7) is 2.37. The number of thiazole rings is 1. The summed E-state index contributed by atoms with van der Waals surface area (Å²) in [5.74, 6) is 0.505. The second-order valence-electron chi connectivity index (χ2n) is 6.36. The first-order chi connectivity index (χ1) is 13.7. The molecule has 0 N–H and O–H groups in total. The van der Waals surface area contributed by atoms with Gasteiger partial charge in [0, 0.05) is 11.8 Å². The quantitative estimate of drug-likeness (QED) is 0.489. The van der Waals surface area contributed by atoms with Crippen LogP contribution in [0.1, 0.15) is 21.6 Å². The number of rotatable bonds is 5. The van der Waals surface area contributed by atoms with Crippen molar-refractivity contribution in [2.45, 2.75) is 13.5 Å². The number of carbonyl (C=O) groups excluding carboxylic acids is 1. The second kappa shape index (κ2) is 7.78. The van der Waals surface area contributed by atoms with Crippen molar-refractivity contribution < 1.29 is 9.53 Å². The highest BCUT2D eigenvalue weighted by Crippen LogP contribution is 2.32. The number of benzene rings is 2. The number of hydrogen-bond acceptors (Lipinski definition) is 5. The molecule has 0 spiro atoms. The number of nitrogens with zero attached hydrogens (tertiary/aromatic N) is 3. The molecule has 28 heavy (non-hydrogen) atoms. The molecule has 0 unspecified atom stereocenters. The molecule has 2 aromatic carbocycles. The average Bonchev–Trinajstić information content (AvgIpc) is 3.18. The number of amides is 1. The van der Waals surface area contributed by atoms with E-state index in [1.807, 2.05) is 55.5 Å². The van der Waals surface area contributed by atoms with Crippen LogP contribution < -0.4 is 9.64 Å². The van der Waals surface area contributed by atoms with Crippen molar-refractivity contribution in [2.24, 2.45) is 0 Å². The van der Waals surface area contributed by atoms with E-state index in [0.717, 1.165) is 21.5 Å². The van der Waals surface area contributed by atoms with Crippen LogP contribution in [0.25, 0.3) is 10.2 Å². The molecular weight excluding hydrogens is 370 g/mol. The smallest absolute Gasteiger partial charge is 0.260 e. The summed E-state index contributed by atoms with van der Waals surface area (Å²) >= 11 is 1.51. The Morgan fingerprint density at radius 1 is 1.11 bits per heavy atom. The van der Waals surface area contributed by atoms with E-state index in [0.29, 0.717) is 23.0 Å². The van der Waals surface area contributed by atoms with Gasteiger partial charge in [-0.15, -0.1) is 0 Å². The minimum atomic E-state index is -0.138. The van der Waals surface area contributed by atoms with Crippen molar-refractivity contribution in [3.8, 4) is 5.75 Å². The van der Waals surface area contributed by atoms with Gasteiger partial charge >= 0.3 is 0 Å². The molecule has 4 rings (SSSR count). The van der Waals surface area contributed by atoms with Gasteiger partial charge in [0.25, 0.3) is 5.91 Å². The summed E-state index contributed by atoms with van der Waals surface area (Å²) in [5.41, 5.74) is 3.36. The first-order valence-corrected chi connectivity index (χ1v) is 9.69. The van der Waals surface area contributed by atoms with Crippen molar-refractivity contribution >= 4 is 32.6 Å². The number of aryl methyl sites for hydroxylation is 1. The lowest BCUT2D eigenvalue weighted by Crippen LogP contribution is -2.30. The lowest BCUT2D eigenvalue weighted by molar-refractivity contribution is 0.0984. The van der Waals surface area contributed by atoms with Crippen molar-refractivity contribution in [2.75, 3.05) is 12.0 Å². The fourth-order valence-electron chi connectivity index (χ4n) is 2.98. The highest BCUT2D eigenvalue weighted by atomic mass is 32.1. The van der Waals surface area contributed by atoms with Gasteiger partial charge in [0.1, 0.15) is 5.75 Å². The van der Waals surface area contributed by atoms with E-state index in [2.05, 4.69) is 4.98 Å². The minimum absolute atomic E-state index is 0.138. The summed E-state index contributed by atoms with van der Waals surface area (Å²) in [6.07, 6.45) is 1.73. The Hall–Kier alpha value is -3.25. The molecule has 2 aromatic heterocycles. The number of methoxy groups -OCH3 is 1. The van der Waals surface area contributed by atoms with Gasteiger partial charge in [-0.05, 0) is 48.9 Å². The number of pyridine rings is 1. The Morgan fingerprint density at radius 3 is 2.71 bits per heavy atom. The Bertz CT molecular complexity index is 1130. The van der Waals surface area contributed by atoms with Crippen LogP contribution in [0.4, 0.5) is 5.13 Å². The molecule has 0 aliphatic rings. The number of hydrogen-bond donors (Lipinski definition) is 0. The monoisotopic (exact) mass is 389 g/mol. The van der Waals surface area contributed by atoms with Crippen LogP contribution >= 0.6 is 11.3 Å². The summed E-state index contributed by atoms with van der Waals surface area (Å²) < 4.78 is 6.33. The van der Waals surface area contributed by atoms with Gasteiger partial charge in [0.15, 0.2) is 5.13 Å². The number of carbonyl (C=O) groups is 1. The fourth-order valence-corrected chi connectivity index (χ4v) is 4.02. The zero-order chi connectivity index (χ0) is 19.5. The van der Waals surface area contributed by atoms with Gasteiger partial charge in [-0.3, -0.25) is 14.7 Å². The SMILES string of the molecule is COc1cccc(C(=O)N(Cc2ccccn2)c2nc3c(C)cccc3s2)c1. The maximum Gasteiger partial charge on any atom is 0.260 e. The highest BCUT2D eigenvalue weighted by Gasteiger charge is 2.23. The highest BCUT2D eigenvalue weighted by molar-refractivity contribution is 7.22. The zero-order valence-corrected chi connectivity index (χ0v) is 16.4. The minimum Gasteiger partial charge on any atom is -0.497 e. The third-order valence-corrected chi connectivity index (χ3v) is 5.49. The van der Waals surface area contributed by atoms with Crippen LogP contribution in [0.3, 0.4) is 0 Å². The lowest BCUT2D eigenvalue weighted by atomic mass is 10.2. The Balaban J connectivity index is 1.78. The maximum absolute atomic E-state index is 13.4. The zero-order valence-electron chi connectivity index (χ0n) is 15.6. The topological polar surface area (TPSA) is 55.3 Å². The van der Waals surface area contributed by atoms with E-state index in [1.54, 1.807) is 30.3 Å². The molecule has 1 amide bonds. The van der Waals surface area contributed by atoms with Gasteiger partial charge in [0.2, 0.25) is 0 Å². The normalized spacial score (nSPS) is 10.8. The second-order valence-corrected chi connectivity index (χ2v) is 7.37. The summed E-state index contributed by atoms with van der Waals surface area (Å²) in [6, 6.07) is 18.9. The molecule has 2 heterocycles. The van der Waals surface area contributed by atoms with Crippen molar-refractivity contribution in [3.63, 3.8) is 0 Å². The van der Waals surface area contributed by atoms with Crippen molar-refractivity contribution in [3.05, 3.63) is 83.7 Å². The van der Waals surface area contributed by atoms with Crippen LogP contribution in [-0.2, 0) is 6.54 Å². The molecule has 5 nitrogen and oxygen atoms in total. The molecule has 0 atom stereocenters. The molecule has 0 aliphatic carbocycles. The van der Waals surface area contributed by atoms with Gasteiger partial charge in [-0.25, -0.2) is 4.98 Å². The molecular formula is C22H19N3O2S. The van der Waals surface area contributed by atoms with Crippen LogP contribution in [0.5, 0.6) is 5.75 Å². The maximum atomic E-state index is 13.4. The molecule has 140 valence electrons. The molecule has 0 saturated carbocycles. The average molecular weight is 389 g/mol. The lowest BCUT2D eigenvalue weighted by Gasteiger charge is -2.20. The molecule has 0 radical (unpaired) electrons. The third kappa shape index (κ3) is 3.59. The van der Waals surface area contributed by atoms with E-state index >= 15 is 0 Å². The van der Waals surface area contributed by atoms with E-state index in [1.165, 1.54) is 11.3 Å². The number of fused-ring (bicyclic) bond motifs is 1. The van der Waals surface area contributed by atoms with Crippen molar-refractivity contribution in [1.82, 2.24) is 9.97 Å². The van der Waals surface area contributed by atoms with Crippen LogP contribution in [0, 0.1) is 6.92 Å². The summed E-state index contributed by atoms with van der Waals surface area (Å²) in [5, 5.41) is 0.655. The predicted octanol–water partition coefficient (Wildman–Crippen LogP) is 4.86. The van der Waals surface area contributed by atoms with Gasteiger partial charge in [-0.1, -0.05) is 35.6 Å². The van der Waals surface area contributed by atoms with Crippen molar-refractivity contribution in [1.29, 1.82) is 0 Å². The van der Waals surface area contributed by atoms with Gasteiger partial charge in [-0.2, -0.15) is 0 Å². The van der Waals surface area contributed by atoms with Crippen LogP contribution in [0.15, 0.2) is 66.9 Å². The molecule has 0 fully saturated rings. The van der Waals surface area contributed by atoms with Crippen LogP contribution in [0.2, 0.25) is 0 Å². The van der Waals surface area contributed by atoms with Gasteiger partial charge in [0.05, 0.1) is 29.6 Å². The van der Waals surface area contributed by atoms with E-state index in [-0.39, 0.29) is 5.91 Å². The molecule has 4 aromatic rings. The Morgan fingerprint density at radius 2 is 1.96 bits per heavy atom. The fraction of sp³-hybridized carbons (Fsp3) is 0.136. The summed E-state index contributed by atoms with van der Waals surface area (Å²) in [4.78, 5) is 24.2. The van der Waals surface area contributed by atoms with E-state index < -0.39 is 0 Å². The molecule has 0 aliphatic heterocycles. The Kier molecular flexibility index (Phi) is 5.04. The largest absolute Gasteiger partial charge is 0.497 e. The van der Waals surface area contributed by atoms with E-state index in [4.69, 9.17) is 9.72 Å². The third-order valence-electron chi connectivity index (χ3n) is 4.45. The first-order valence-electron chi connectivity index (χ1n) is 8.87. The van der Waals surface area contributed by atoms with Gasteiger partial charge < -0.3 is 4.74 Å². The summed E-state index contributed by atoms with van der Waals surface area (Å²) in [7, 11) is 1.59.